The first-order chi connectivity index (χ1) is 12.1. The number of nitriles is 1. The summed E-state index contributed by atoms with van der Waals surface area (Å²) in [7, 11) is 2.05. The smallest absolute Gasteiger partial charge is 0.244 e. The van der Waals surface area contributed by atoms with E-state index in [1.807, 2.05) is 49.5 Å². The Bertz CT molecular complexity index is 756. The molecule has 1 saturated carbocycles. The molecule has 0 atom stereocenters. The highest BCUT2D eigenvalue weighted by molar-refractivity contribution is 5.97. The van der Waals surface area contributed by atoms with Gasteiger partial charge in [-0.1, -0.05) is 43.2 Å². The molecule has 0 radical (unpaired) electrons. The van der Waals surface area contributed by atoms with Gasteiger partial charge in [-0.3, -0.25) is 4.79 Å². The number of benzene rings is 2. The van der Waals surface area contributed by atoms with Crippen LogP contribution in [-0.4, -0.2) is 13.0 Å². The second-order valence-corrected chi connectivity index (χ2v) is 6.74. The van der Waals surface area contributed by atoms with Crippen LogP contribution in [0.2, 0.25) is 0 Å². The van der Waals surface area contributed by atoms with Gasteiger partial charge in [0.1, 0.15) is 5.41 Å². The van der Waals surface area contributed by atoms with E-state index in [9.17, 15) is 10.1 Å². The van der Waals surface area contributed by atoms with Crippen LogP contribution in [0.4, 0.5) is 11.4 Å². The Balaban J connectivity index is 1.64. The Morgan fingerprint density at radius 1 is 1.12 bits per heavy atom. The summed E-state index contributed by atoms with van der Waals surface area (Å²) in [6.45, 7) is 0.824. The molecule has 128 valence electrons. The minimum absolute atomic E-state index is 0.169. The first-order valence-corrected chi connectivity index (χ1v) is 8.71. The zero-order chi connectivity index (χ0) is 17.7. The number of carbonyl (C=O) groups is 1. The average Bonchev–Trinajstić information content (AvgIpc) is 3.13. The molecule has 2 aromatic rings. The molecule has 0 unspecified atom stereocenters. The number of carbonyl (C=O) groups excluding carboxylic acids is 1. The van der Waals surface area contributed by atoms with E-state index in [0.29, 0.717) is 12.8 Å². The first kappa shape index (κ1) is 17.0. The second-order valence-electron chi connectivity index (χ2n) is 6.74. The van der Waals surface area contributed by atoms with Crippen LogP contribution in [0.3, 0.4) is 0 Å². The number of amides is 1. The van der Waals surface area contributed by atoms with Gasteiger partial charge in [0.05, 0.1) is 6.07 Å². The lowest BCUT2D eigenvalue weighted by atomic mass is 9.87. The topological polar surface area (TPSA) is 56.1 Å². The van der Waals surface area contributed by atoms with E-state index in [1.54, 1.807) is 0 Å². The summed E-state index contributed by atoms with van der Waals surface area (Å²) in [6.07, 6.45) is 3.22. The monoisotopic (exact) mass is 333 g/mol. The van der Waals surface area contributed by atoms with E-state index < -0.39 is 5.41 Å². The summed E-state index contributed by atoms with van der Waals surface area (Å²) in [6, 6.07) is 20.3. The van der Waals surface area contributed by atoms with Crippen molar-refractivity contribution in [2.45, 2.75) is 32.2 Å². The SMILES string of the molecule is CN(Cc1ccccc1)c1ccc(NC(=O)C2(C#N)CCCC2)cc1. The quantitative estimate of drug-likeness (QED) is 0.885. The van der Waals surface area contributed by atoms with Gasteiger partial charge in [-0.2, -0.15) is 5.26 Å². The van der Waals surface area contributed by atoms with Crippen LogP contribution in [0.25, 0.3) is 0 Å². The van der Waals surface area contributed by atoms with Crippen molar-refractivity contribution in [1.29, 1.82) is 5.26 Å². The minimum Gasteiger partial charge on any atom is -0.370 e. The maximum atomic E-state index is 12.5. The molecule has 0 saturated heterocycles. The third-order valence-electron chi connectivity index (χ3n) is 4.93. The summed E-state index contributed by atoms with van der Waals surface area (Å²) in [5.74, 6) is -0.169. The highest BCUT2D eigenvalue weighted by Gasteiger charge is 2.41. The van der Waals surface area contributed by atoms with Gasteiger partial charge in [0.2, 0.25) is 5.91 Å². The molecular formula is C21H23N3O. The Morgan fingerprint density at radius 3 is 2.36 bits per heavy atom. The molecule has 2 aromatic carbocycles. The maximum Gasteiger partial charge on any atom is 0.244 e. The molecule has 4 heteroatoms. The van der Waals surface area contributed by atoms with Gasteiger partial charge < -0.3 is 10.2 Å². The predicted molar refractivity (Wildman–Crippen MR) is 100 cm³/mol. The van der Waals surface area contributed by atoms with E-state index in [-0.39, 0.29) is 5.91 Å². The number of hydrogen-bond acceptors (Lipinski definition) is 3. The predicted octanol–water partition coefficient (Wildman–Crippen LogP) is 4.35. The van der Waals surface area contributed by atoms with Gasteiger partial charge in [0.15, 0.2) is 0 Å². The Morgan fingerprint density at radius 2 is 1.76 bits per heavy atom. The van der Waals surface area contributed by atoms with Crippen molar-refractivity contribution in [1.82, 2.24) is 0 Å². The summed E-state index contributed by atoms with van der Waals surface area (Å²) in [4.78, 5) is 14.6. The molecule has 4 nitrogen and oxygen atoms in total. The summed E-state index contributed by atoms with van der Waals surface area (Å²) < 4.78 is 0. The maximum absolute atomic E-state index is 12.5. The zero-order valence-corrected chi connectivity index (χ0v) is 14.5. The number of nitrogens with one attached hydrogen (secondary N) is 1. The molecule has 1 fully saturated rings. The fourth-order valence-corrected chi connectivity index (χ4v) is 3.37. The lowest BCUT2D eigenvalue weighted by Gasteiger charge is -2.21. The molecule has 25 heavy (non-hydrogen) atoms. The largest absolute Gasteiger partial charge is 0.370 e. The van der Waals surface area contributed by atoms with Gasteiger partial charge in [-0.25, -0.2) is 0 Å². The average molecular weight is 333 g/mol. The Kier molecular flexibility index (Phi) is 5.04. The molecule has 1 aliphatic rings. The molecule has 3 rings (SSSR count). The normalized spacial score (nSPS) is 15.4. The molecule has 1 amide bonds. The van der Waals surface area contributed by atoms with Crippen molar-refractivity contribution < 1.29 is 4.79 Å². The molecular weight excluding hydrogens is 310 g/mol. The van der Waals surface area contributed by atoms with Crippen LogP contribution >= 0.6 is 0 Å². The zero-order valence-electron chi connectivity index (χ0n) is 14.5. The lowest BCUT2D eigenvalue weighted by Crippen LogP contribution is -2.32. The van der Waals surface area contributed by atoms with Crippen molar-refractivity contribution in [3.63, 3.8) is 0 Å². The Labute approximate surface area is 149 Å². The van der Waals surface area contributed by atoms with Crippen molar-refractivity contribution in [3.05, 3.63) is 60.2 Å². The van der Waals surface area contributed by atoms with Crippen LogP contribution in [0.15, 0.2) is 54.6 Å². The number of anilines is 2. The van der Waals surface area contributed by atoms with E-state index >= 15 is 0 Å². The first-order valence-electron chi connectivity index (χ1n) is 8.71. The lowest BCUT2D eigenvalue weighted by molar-refractivity contribution is -0.122. The van der Waals surface area contributed by atoms with Crippen molar-refractivity contribution >= 4 is 17.3 Å². The molecule has 0 heterocycles. The highest BCUT2D eigenvalue weighted by Crippen LogP contribution is 2.38. The number of hydrogen-bond donors (Lipinski definition) is 1. The molecule has 0 aliphatic heterocycles. The third kappa shape index (κ3) is 3.83. The van der Waals surface area contributed by atoms with Crippen molar-refractivity contribution in [2.75, 3.05) is 17.3 Å². The standard InChI is InChI=1S/C21H23N3O/c1-24(15-17-7-3-2-4-8-17)19-11-9-18(10-12-19)23-20(25)21(16-22)13-5-6-14-21/h2-4,7-12H,5-6,13-15H2,1H3,(H,23,25). The minimum atomic E-state index is -0.844. The van der Waals surface area contributed by atoms with Crippen LogP contribution in [0.5, 0.6) is 0 Å². The van der Waals surface area contributed by atoms with E-state index in [4.69, 9.17) is 0 Å². The number of nitrogens with zero attached hydrogens (tertiary/aromatic N) is 2. The summed E-state index contributed by atoms with van der Waals surface area (Å²) >= 11 is 0. The van der Waals surface area contributed by atoms with E-state index in [1.165, 1.54) is 5.56 Å². The fraction of sp³-hybridized carbons (Fsp3) is 0.333. The van der Waals surface area contributed by atoms with E-state index in [2.05, 4.69) is 28.4 Å². The van der Waals surface area contributed by atoms with Crippen LogP contribution in [0.1, 0.15) is 31.2 Å². The highest BCUT2D eigenvalue weighted by atomic mass is 16.2. The number of rotatable bonds is 5. The van der Waals surface area contributed by atoms with Crippen LogP contribution in [0, 0.1) is 16.7 Å². The van der Waals surface area contributed by atoms with Gasteiger partial charge in [-0.05, 0) is 42.7 Å². The van der Waals surface area contributed by atoms with E-state index in [0.717, 1.165) is 30.8 Å². The second kappa shape index (κ2) is 7.40. The molecule has 0 aromatic heterocycles. The van der Waals surface area contributed by atoms with Crippen LogP contribution in [-0.2, 0) is 11.3 Å². The molecule has 1 N–H and O–H groups in total. The Hall–Kier alpha value is -2.80. The van der Waals surface area contributed by atoms with Gasteiger partial charge in [-0.15, -0.1) is 0 Å². The summed E-state index contributed by atoms with van der Waals surface area (Å²) in [5, 5.41) is 12.3. The van der Waals surface area contributed by atoms with Crippen molar-refractivity contribution in [3.8, 4) is 6.07 Å². The molecule has 0 bridgehead atoms. The fourth-order valence-electron chi connectivity index (χ4n) is 3.37. The third-order valence-corrected chi connectivity index (χ3v) is 4.93. The van der Waals surface area contributed by atoms with Gasteiger partial charge >= 0.3 is 0 Å². The van der Waals surface area contributed by atoms with Crippen LogP contribution < -0.4 is 10.2 Å². The van der Waals surface area contributed by atoms with Gasteiger partial charge in [0.25, 0.3) is 0 Å². The summed E-state index contributed by atoms with van der Waals surface area (Å²) in [5.41, 5.74) is 2.23. The van der Waals surface area contributed by atoms with Gasteiger partial charge in [0, 0.05) is 25.0 Å². The van der Waals surface area contributed by atoms with Crippen molar-refractivity contribution in [2.24, 2.45) is 5.41 Å². The molecule has 1 aliphatic carbocycles. The molecule has 0 spiro atoms.